The third-order valence-corrected chi connectivity index (χ3v) is 7.47. The van der Waals surface area contributed by atoms with E-state index in [4.69, 9.17) is 14.2 Å². The van der Waals surface area contributed by atoms with Gasteiger partial charge in [0.05, 0.1) is 19.8 Å². The number of methoxy groups -OCH3 is 1. The molecule has 9 nitrogen and oxygen atoms in total. The molecule has 0 fully saturated rings. The number of carbonyl (C=O) groups excluding carboxylic acids is 3. The Morgan fingerprint density at radius 1 is 0.977 bits per heavy atom. The Balaban J connectivity index is 1.56. The van der Waals surface area contributed by atoms with Crippen molar-refractivity contribution >= 4 is 17.8 Å². The monoisotopic (exact) mass is 602 g/mol. The molecule has 0 saturated carbocycles. The zero-order valence-electron chi connectivity index (χ0n) is 26.2. The second kappa shape index (κ2) is 13.9. The summed E-state index contributed by atoms with van der Waals surface area (Å²) in [5.74, 6) is -0.109. The third-order valence-electron chi connectivity index (χ3n) is 7.47. The molecule has 44 heavy (non-hydrogen) atoms. The van der Waals surface area contributed by atoms with E-state index in [1.165, 1.54) is 24.8 Å². The maximum absolute atomic E-state index is 13.5. The van der Waals surface area contributed by atoms with Gasteiger partial charge in [0, 0.05) is 6.42 Å². The van der Waals surface area contributed by atoms with E-state index in [-0.39, 0.29) is 36.5 Å². The fraction of sp³-hybridized carbons (Fsp3) is 0.400. The third kappa shape index (κ3) is 8.38. The molecule has 1 heterocycles. The summed E-state index contributed by atoms with van der Waals surface area (Å²) in [5.41, 5.74) is 3.40. The van der Waals surface area contributed by atoms with Crippen molar-refractivity contribution in [3.63, 3.8) is 0 Å². The molecule has 0 aliphatic carbocycles. The SMILES string of the molecule is COC(=O)C(Cc1ccc(O)cc1)NC(=O)[C@@H]1Cc2ccc(Oc3ccc(C(C)(C)C)cc3)cc2C(C(=O)OCC(C)C)N1. The lowest BCUT2D eigenvalue weighted by Crippen LogP contribution is -2.55. The topological polar surface area (TPSA) is 123 Å². The maximum atomic E-state index is 13.5. The minimum Gasteiger partial charge on any atom is -0.508 e. The molecule has 234 valence electrons. The van der Waals surface area contributed by atoms with E-state index < -0.39 is 36.0 Å². The van der Waals surface area contributed by atoms with E-state index in [1.54, 1.807) is 18.2 Å². The molecular formula is C35H42N2O7. The second-order valence-electron chi connectivity index (χ2n) is 12.6. The first-order valence-electron chi connectivity index (χ1n) is 14.8. The number of nitrogens with one attached hydrogen (secondary N) is 2. The van der Waals surface area contributed by atoms with Crippen molar-refractivity contribution in [3.05, 3.63) is 89.0 Å². The molecule has 0 bridgehead atoms. The Morgan fingerprint density at radius 3 is 2.25 bits per heavy atom. The summed E-state index contributed by atoms with van der Waals surface area (Å²) in [6.07, 6.45) is 0.447. The van der Waals surface area contributed by atoms with Gasteiger partial charge in [0.15, 0.2) is 0 Å². The number of rotatable bonds is 10. The van der Waals surface area contributed by atoms with Gasteiger partial charge in [0.25, 0.3) is 0 Å². The van der Waals surface area contributed by atoms with Crippen molar-refractivity contribution < 1.29 is 33.7 Å². The van der Waals surface area contributed by atoms with Gasteiger partial charge in [-0.1, -0.05) is 65.0 Å². The van der Waals surface area contributed by atoms with Crippen LogP contribution in [0.1, 0.15) is 62.9 Å². The predicted molar refractivity (Wildman–Crippen MR) is 167 cm³/mol. The number of aromatic hydroxyl groups is 1. The quantitative estimate of drug-likeness (QED) is 0.273. The van der Waals surface area contributed by atoms with E-state index in [9.17, 15) is 19.5 Å². The molecule has 4 rings (SSSR count). The first kappa shape index (κ1) is 32.5. The minimum absolute atomic E-state index is 0.0187. The Bertz CT molecular complexity index is 1460. The number of ether oxygens (including phenoxy) is 3. The maximum Gasteiger partial charge on any atom is 0.328 e. The van der Waals surface area contributed by atoms with Crippen LogP contribution in [0.4, 0.5) is 0 Å². The number of carbonyl (C=O) groups is 3. The molecule has 3 aromatic carbocycles. The van der Waals surface area contributed by atoms with Gasteiger partial charge in [-0.05, 0) is 76.4 Å². The number of phenols is 1. The van der Waals surface area contributed by atoms with Gasteiger partial charge in [-0.25, -0.2) is 9.59 Å². The number of amides is 1. The molecule has 1 amide bonds. The lowest BCUT2D eigenvalue weighted by Gasteiger charge is -2.32. The van der Waals surface area contributed by atoms with Crippen LogP contribution in [0.5, 0.6) is 17.2 Å². The molecule has 0 aromatic heterocycles. The Morgan fingerprint density at radius 2 is 1.64 bits per heavy atom. The summed E-state index contributed by atoms with van der Waals surface area (Å²) < 4.78 is 16.7. The van der Waals surface area contributed by atoms with Crippen LogP contribution in [0.25, 0.3) is 0 Å². The van der Waals surface area contributed by atoms with E-state index in [0.29, 0.717) is 17.1 Å². The van der Waals surface area contributed by atoms with Crippen LogP contribution in [-0.4, -0.2) is 48.8 Å². The number of benzene rings is 3. The fourth-order valence-corrected chi connectivity index (χ4v) is 4.99. The average Bonchev–Trinajstić information content (AvgIpc) is 2.99. The number of phenolic OH excluding ortho intramolecular Hbond substituents is 1. The van der Waals surface area contributed by atoms with Gasteiger partial charge >= 0.3 is 11.9 Å². The van der Waals surface area contributed by atoms with Crippen LogP contribution in [-0.2, 0) is 42.1 Å². The normalized spacial score (nSPS) is 16.9. The van der Waals surface area contributed by atoms with Gasteiger partial charge < -0.3 is 24.6 Å². The number of hydrogen-bond donors (Lipinski definition) is 3. The molecule has 0 spiro atoms. The molecule has 2 unspecified atom stereocenters. The van der Waals surface area contributed by atoms with Crippen molar-refractivity contribution in [2.24, 2.45) is 5.92 Å². The summed E-state index contributed by atoms with van der Waals surface area (Å²) in [5, 5.41) is 15.5. The van der Waals surface area contributed by atoms with Crippen LogP contribution in [0, 0.1) is 5.92 Å². The van der Waals surface area contributed by atoms with Crippen molar-refractivity contribution in [2.75, 3.05) is 13.7 Å². The van der Waals surface area contributed by atoms with Crippen molar-refractivity contribution in [1.29, 1.82) is 0 Å². The first-order chi connectivity index (χ1) is 20.8. The molecule has 3 N–H and O–H groups in total. The van der Waals surface area contributed by atoms with Crippen LogP contribution >= 0.6 is 0 Å². The van der Waals surface area contributed by atoms with E-state index in [0.717, 1.165) is 11.1 Å². The van der Waals surface area contributed by atoms with Gasteiger partial charge in [0.1, 0.15) is 29.3 Å². The van der Waals surface area contributed by atoms with Gasteiger partial charge in [-0.15, -0.1) is 0 Å². The van der Waals surface area contributed by atoms with Gasteiger partial charge in [-0.3, -0.25) is 10.1 Å². The Kier molecular flexibility index (Phi) is 10.3. The largest absolute Gasteiger partial charge is 0.508 e. The summed E-state index contributed by atoms with van der Waals surface area (Å²) >= 11 is 0. The molecular weight excluding hydrogens is 560 g/mol. The van der Waals surface area contributed by atoms with Crippen LogP contribution in [0.3, 0.4) is 0 Å². The fourth-order valence-electron chi connectivity index (χ4n) is 4.99. The molecule has 1 aliphatic heterocycles. The lowest BCUT2D eigenvalue weighted by atomic mass is 9.87. The predicted octanol–water partition coefficient (Wildman–Crippen LogP) is 5.14. The standard InChI is InChI=1S/C35H42N2O7/c1-21(2)20-43-34(41)31-28-19-27(44-26-15-10-24(11-16-26)35(3,4)5)14-9-23(28)18-29(36-31)32(39)37-30(33(40)42-6)17-22-7-12-25(38)13-8-22/h7-16,19,21,29-31,36,38H,17-18,20H2,1-6H3,(H,37,39)/t29-,30?,31?/m0/s1. The smallest absolute Gasteiger partial charge is 0.328 e. The van der Waals surface area contributed by atoms with E-state index in [2.05, 4.69) is 31.4 Å². The highest BCUT2D eigenvalue weighted by Gasteiger charge is 2.37. The average molecular weight is 603 g/mol. The summed E-state index contributed by atoms with van der Waals surface area (Å²) in [6.45, 7) is 10.6. The second-order valence-corrected chi connectivity index (χ2v) is 12.6. The summed E-state index contributed by atoms with van der Waals surface area (Å²) in [7, 11) is 1.26. The molecule has 9 heteroatoms. The molecule has 3 aromatic rings. The van der Waals surface area contributed by atoms with E-state index in [1.807, 2.05) is 50.2 Å². The van der Waals surface area contributed by atoms with Gasteiger partial charge in [-0.2, -0.15) is 0 Å². The summed E-state index contributed by atoms with van der Waals surface area (Å²) in [6, 6.07) is 17.0. The van der Waals surface area contributed by atoms with E-state index >= 15 is 0 Å². The molecule has 0 saturated heterocycles. The van der Waals surface area contributed by atoms with Crippen LogP contribution in [0.2, 0.25) is 0 Å². The Hall–Kier alpha value is -4.37. The highest BCUT2D eigenvalue weighted by molar-refractivity contribution is 5.89. The lowest BCUT2D eigenvalue weighted by molar-refractivity contribution is -0.149. The zero-order chi connectivity index (χ0) is 32.0. The minimum atomic E-state index is -0.966. The van der Waals surface area contributed by atoms with Gasteiger partial charge in [0.2, 0.25) is 5.91 Å². The highest BCUT2D eigenvalue weighted by atomic mass is 16.5. The number of hydrogen-bond acceptors (Lipinski definition) is 8. The molecule has 0 radical (unpaired) electrons. The highest BCUT2D eigenvalue weighted by Crippen LogP contribution is 2.33. The zero-order valence-corrected chi connectivity index (χ0v) is 26.2. The Labute approximate surface area is 258 Å². The number of esters is 2. The van der Waals surface area contributed by atoms with Crippen LogP contribution < -0.4 is 15.4 Å². The summed E-state index contributed by atoms with van der Waals surface area (Å²) in [4.78, 5) is 39.4. The van der Waals surface area contributed by atoms with Crippen molar-refractivity contribution in [1.82, 2.24) is 10.6 Å². The van der Waals surface area contributed by atoms with Crippen molar-refractivity contribution in [2.45, 2.75) is 71.0 Å². The van der Waals surface area contributed by atoms with Crippen LogP contribution in [0.15, 0.2) is 66.7 Å². The number of fused-ring (bicyclic) bond motifs is 1. The molecule has 3 atom stereocenters. The first-order valence-corrected chi connectivity index (χ1v) is 14.8. The molecule has 1 aliphatic rings. The van der Waals surface area contributed by atoms with Crippen molar-refractivity contribution in [3.8, 4) is 17.2 Å².